The van der Waals surface area contributed by atoms with Gasteiger partial charge in [0.25, 0.3) is 0 Å². The molecule has 5 nitrogen and oxygen atoms in total. The third-order valence-corrected chi connectivity index (χ3v) is 5.17. The van der Waals surface area contributed by atoms with E-state index in [1.807, 2.05) is 24.3 Å². The summed E-state index contributed by atoms with van der Waals surface area (Å²) in [6.45, 7) is 0. The molecule has 0 unspecified atom stereocenters. The van der Waals surface area contributed by atoms with Crippen LogP contribution < -0.4 is 10.1 Å². The summed E-state index contributed by atoms with van der Waals surface area (Å²) < 4.78 is 5.10. The fourth-order valence-electron chi connectivity index (χ4n) is 2.81. The van der Waals surface area contributed by atoms with E-state index in [-0.39, 0.29) is 5.91 Å². The monoisotopic (exact) mass is 337 g/mol. The molecule has 1 amide bonds. The normalized spacial score (nSPS) is 16.6. The van der Waals surface area contributed by atoms with Crippen molar-refractivity contribution in [2.45, 2.75) is 49.0 Å². The Morgan fingerprint density at radius 3 is 2.43 bits per heavy atom. The van der Waals surface area contributed by atoms with Crippen molar-refractivity contribution in [3.8, 4) is 5.75 Å². The van der Waals surface area contributed by atoms with Crippen molar-refractivity contribution in [2.75, 3.05) is 12.9 Å². The van der Waals surface area contributed by atoms with Gasteiger partial charge in [0, 0.05) is 17.1 Å². The molecule has 2 N–H and O–H groups in total. The summed E-state index contributed by atoms with van der Waals surface area (Å²) in [5.41, 5.74) is -1.06. The van der Waals surface area contributed by atoms with Crippen LogP contribution in [-0.4, -0.2) is 35.4 Å². The molecule has 6 heteroatoms. The lowest BCUT2D eigenvalue weighted by molar-refractivity contribution is -0.149. The molecule has 1 fully saturated rings. The van der Waals surface area contributed by atoms with Gasteiger partial charge < -0.3 is 15.2 Å². The fraction of sp³-hybridized carbons (Fsp3) is 0.529. The molecule has 0 heterocycles. The number of carbonyl (C=O) groups is 2. The van der Waals surface area contributed by atoms with Crippen LogP contribution in [-0.2, 0) is 9.59 Å². The average Bonchev–Trinajstić information content (AvgIpc) is 2.56. The summed E-state index contributed by atoms with van der Waals surface area (Å²) in [5, 5.41) is 12.2. The zero-order valence-electron chi connectivity index (χ0n) is 13.3. The number of carbonyl (C=O) groups excluding carboxylic acids is 1. The summed E-state index contributed by atoms with van der Waals surface area (Å²) in [7, 11) is 1.62. The quantitative estimate of drug-likeness (QED) is 0.748. The van der Waals surface area contributed by atoms with Crippen molar-refractivity contribution in [3.63, 3.8) is 0 Å². The molecular formula is C17H23NO4S. The summed E-state index contributed by atoms with van der Waals surface area (Å²) in [6, 6.07) is 7.65. The number of ether oxygens (including phenoxy) is 1. The number of hydrogen-bond donors (Lipinski definition) is 2. The Morgan fingerprint density at radius 1 is 1.22 bits per heavy atom. The molecular weight excluding hydrogens is 314 g/mol. The van der Waals surface area contributed by atoms with Gasteiger partial charge >= 0.3 is 5.97 Å². The minimum absolute atomic E-state index is 0.185. The van der Waals surface area contributed by atoms with Gasteiger partial charge in [-0.2, -0.15) is 0 Å². The Bertz CT molecular complexity index is 538. The number of nitrogens with one attached hydrogen (secondary N) is 1. The first-order chi connectivity index (χ1) is 11.1. The van der Waals surface area contributed by atoms with E-state index in [0.717, 1.165) is 29.9 Å². The van der Waals surface area contributed by atoms with Crippen molar-refractivity contribution in [2.24, 2.45) is 0 Å². The van der Waals surface area contributed by atoms with Crippen molar-refractivity contribution in [1.29, 1.82) is 0 Å². The Hall–Kier alpha value is -1.69. The SMILES string of the molecule is COc1ccc(SCCC(=O)NC2(C(=O)O)CCCCC2)cc1. The van der Waals surface area contributed by atoms with E-state index in [0.29, 0.717) is 25.0 Å². The van der Waals surface area contributed by atoms with Crippen LogP contribution in [0.15, 0.2) is 29.2 Å². The highest BCUT2D eigenvalue weighted by atomic mass is 32.2. The van der Waals surface area contributed by atoms with Crippen LogP contribution in [0, 0.1) is 0 Å². The molecule has 23 heavy (non-hydrogen) atoms. The molecule has 0 aromatic heterocycles. The van der Waals surface area contributed by atoms with Gasteiger partial charge in [0.15, 0.2) is 0 Å². The second-order valence-electron chi connectivity index (χ2n) is 5.77. The molecule has 0 aliphatic heterocycles. The van der Waals surface area contributed by atoms with E-state index in [1.165, 1.54) is 0 Å². The highest BCUT2D eigenvalue weighted by Gasteiger charge is 2.40. The smallest absolute Gasteiger partial charge is 0.329 e. The number of amides is 1. The number of carboxylic acids is 1. The zero-order chi connectivity index (χ0) is 16.7. The maximum absolute atomic E-state index is 12.1. The number of rotatable bonds is 7. The van der Waals surface area contributed by atoms with Crippen molar-refractivity contribution < 1.29 is 19.4 Å². The van der Waals surface area contributed by atoms with Crippen molar-refractivity contribution in [1.82, 2.24) is 5.32 Å². The molecule has 0 bridgehead atoms. The number of aliphatic carboxylic acids is 1. The third-order valence-electron chi connectivity index (χ3n) is 4.15. The van der Waals surface area contributed by atoms with Gasteiger partial charge in [0.2, 0.25) is 5.91 Å². The molecule has 1 aromatic carbocycles. The summed E-state index contributed by atoms with van der Waals surface area (Å²) in [5.74, 6) is 0.324. The highest BCUT2D eigenvalue weighted by molar-refractivity contribution is 7.99. The second-order valence-corrected chi connectivity index (χ2v) is 6.94. The highest BCUT2D eigenvalue weighted by Crippen LogP contribution is 2.29. The number of benzene rings is 1. The Labute approximate surface area is 140 Å². The first-order valence-electron chi connectivity index (χ1n) is 7.87. The molecule has 0 radical (unpaired) electrons. The molecule has 126 valence electrons. The second kappa shape index (κ2) is 8.24. The number of carboxylic acid groups (broad SMARTS) is 1. The number of hydrogen-bond acceptors (Lipinski definition) is 4. The van der Waals surface area contributed by atoms with Crippen LogP contribution in [0.5, 0.6) is 5.75 Å². The molecule has 2 rings (SSSR count). The molecule has 0 atom stereocenters. The predicted molar refractivity (Wildman–Crippen MR) is 89.9 cm³/mol. The largest absolute Gasteiger partial charge is 0.497 e. The molecule has 1 saturated carbocycles. The van der Waals surface area contributed by atoms with E-state index in [1.54, 1.807) is 18.9 Å². The molecule has 1 aliphatic rings. The standard InChI is InChI=1S/C17H23NO4S/c1-22-13-5-7-14(8-6-13)23-12-9-15(19)18-17(16(20)21)10-3-2-4-11-17/h5-8H,2-4,9-12H2,1H3,(H,18,19)(H,20,21). The predicted octanol–water partition coefficient (Wildman–Crippen LogP) is 3.08. The Kier molecular flexibility index (Phi) is 6.33. The van der Waals surface area contributed by atoms with Gasteiger partial charge in [0.05, 0.1) is 7.11 Å². The molecule has 1 aromatic rings. The minimum Gasteiger partial charge on any atom is -0.497 e. The van der Waals surface area contributed by atoms with Gasteiger partial charge in [-0.15, -0.1) is 11.8 Å². The van der Waals surface area contributed by atoms with Crippen LogP contribution in [0.25, 0.3) is 0 Å². The summed E-state index contributed by atoms with van der Waals surface area (Å²) >= 11 is 1.57. The van der Waals surface area contributed by atoms with Crippen LogP contribution >= 0.6 is 11.8 Å². The number of methoxy groups -OCH3 is 1. The lowest BCUT2D eigenvalue weighted by atomic mass is 9.81. The van der Waals surface area contributed by atoms with Crippen molar-refractivity contribution in [3.05, 3.63) is 24.3 Å². The lowest BCUT2D eigenvalue weighted by Crippen LogP contribution is -2.55. The van der Waals surface area contributed by atoms with Gasteiger partial charge in [-0.1, -0.05) is 19.3 Å². The van der Waals surface area contributed by atoms with E-state index < -0.39 is 11.5 Å². The van der Waals surface area contributed by atoms with Crippen LogP contribution in [0.1, 0.15) is 38.5 Å². The molecule has 0 spiro atoms. The third kappa shape index (κ3) is 4.89. The zero-order valence-corrected chi connectivity index (χ0v) is 14.2. The fourth-order valence-corrected chi connectivity index (χ4v) is 3.66. The van der Waals surface area contributed by atoms with E-state index in [4.69, 9.17) is 4.74 Å². The summed E-state index contributed by atoms with van der Waals surface area (Å²) in [6.07, 6.45) is 4.11. The van der Waals surface area contributed by atoms with E-state index >= 15 is 0 Å². The minimum atomic E-state index is -1.06. The van der Waals surface area contributed by atoms with Crippen molar-refractivity contribution >= 4 is 23.6 Å². The van der Waals surface area contributed by atoms with Gasteiger partial charge in [0.1, 0.15) is 11.3 Å². The maximum Gasteiger partial charge on any atom is 0.329 e. The van der Waals surface area contributed by atoms with Crippen LogP contribution in [0.3, 0.4) is 0 Å². The topological polar surface area (TPSA) is 75.6 Å². The van der Waals surface area contributed by atoms with Gasteiger partial charge in [-0.25, -0.2) is 4.79 Å². The van der Waals surface area contributed by atoms with Gasteiger partial charge in [-0.05, 0) is 37.1 Å². The van der Waals surface area contributed by atoms with E-state index in [9.17, 15) is 14.7 Å². The first-order valence-corrected chi connectivity index (χ1v) is 8.85. The number of thioether (sulfide) groups is 1. The Morgan fingerprint density at radius 2 is 1.87 bits per heavy atom. The maximum atomic E-state index is 12.1. The summed E-state index contributed by atoms with van der Waals surface area (Å²) in [4.78, 5) is 24.7. The lowest BCUT2D eigenvalue weighted by Gasteiger charge is -2.34. The average molecular weight is 337 g/mol. The van der Waals surface area contributed by atoms with Gasteiger partial charge in [-0.3, -0.25) is 4.79 Å². The first kappa shape index (κ1) is 17.7. The Balaban J connectivity index is 1.80. The van der Waals surface area contributed by atoms with E-state index in [2.05, 4.69) is 5.32 Å². The van der Waals surface area contributed by atoms with Crippen LogP contribution in [0.2, 0.25) is 0 Å². The molecule has 1 aliphatic carbocycles. The molecule has 0 saturated heterocycles. The van der Waals surface area contributed by atoms with Crippen LogP contribution in [0.4, 0.5) is 0 Å².